The lowest BCUT2D eigenvalue weighted by molar-refractivity contribution is 0.202. The van der Waals surface area contributed by atoms with Crippen molar-refractivity contribution in [2.75, 3.05) is 31.1 Å². The number of aliphatic hydroxyl groups is 1. The average Bonchev–Trinajstić information content (AvgIpc) is 2.47. The number of nitrogens with zero attached hydrogens (tertiary/aromatic N) is 1. The molecule has 112 valence electrons. The van der Waals surface area contributed by atoms with Gasteiger partial charge in [-0.15, -0.1) is 0 Å². The van der Waals surface area contributed by atoms with Gasteiger partial charge in [0, 0.05) is 25.7 Å². The Kier molecular flexibility index (Phi) is 5.38. The molecule has 20 heavy (non-hydrogen) atoms. The standard InChI is InChI=1S/C16H25FN2O/c1-3-18-12(2)14-5-4-6-15(17)16(14)19-9-7-13(11-20)8-10-19/h4-6,12-13,18,20H,3,7-11H2,1-2H3. The first kappa shape index (κ1) is 15.3. The molecule has 4 heteroatoms. The Hall–Kier alpha value is -1.13. The van der Waals surface area contributed by atoms with Crippen molar-refractivity contribution < 1.29 is 9.50 Å². The van der Waals surface area contributed by atoms with E-state index in [9.17, 15) is 9.50 Å². The molecular weight excluding hydrogens is 255 g/mol. The lowest BCUT2D eigenvalue weighted by Crippen LogP contribution is -2.36. The molecule has 2 N–H and O–H groups in total. The smallest absolute Gasteiger partial charge is 0.146 e. The second-order valence-corrected chi connectivity index (χ2v) is 5.57. The monoisotopic (exact) mass is 280 g/mol. The summed E-state index contributed by atoms with van der Waals surface area (Å²) in [5, 5.41) is 12.6. The van der Waals surface area contributed by atoms with Crippen LogP contribution in [0.15, 0.2) is 18.2 Å². The second-order valence-electron chi connectivity index (χ2n) is 5.57. The fourth-order valence-electron chi connectivity index (χ4n) is 2.97. The number of rotatable bonds is 5. The van der Waals surface area contributed by atoms with Gasteiger partial charge in [0.25, 0.3) is 0 Å². The van der Waals surface area contributed by atoms with Crippen molar-refractivity contribution in [3.05, 3.63) is 29.6 Å². The Bertz CT molecular complexity index is 430. The summed E-state index contributed by atoms with van der Waals surface area (Å²) >= 11 is 0. The normalized spacial score (nSPS) is 18.3. The number of benzene rings is 1. The minimum atomic E-state index is -0.144. The van der Waals surface area contributed by atoms with Crippen molar-refractivity contribution in [1.82, 2.24) is 5.32 Å². The maximum absolute atomic E-state index is 14.3. The molecule has 0 saturated carbocycles. The van der Waals surface area contributed by atoms with Crippen LogP contribution in [0.1, 0.15) is 38.3 Å². The number of piperidine rings is 1. The molecule has 1 aromatic rings. The van der Waals surface area contributed by atoms with E-state index in [-0.39, 0.29) is 18.5 Å². The molecule has 0 radical (unpaired) electrons. The summed E-state index contributed by atoms with van der Waals surface area (Å²) in [6, 6.07) is 5.46. The number of hydrogen-bond acceptors (Lipinski definition) is 3. The van der Waals surface area contributed by atoms with Crippen molar-refractivity contribution in [2.45, 2.75) is 32.7 Å². The van der Waals surface area contributed by atoms with E-state index in [1.807, 2.05) is 6.07 Å². The Labute approximate surface area is 120 Å². The van der Waals surface area contributed by atoms with E-state index in [0.717, 1.165) is 43.7 Å². The van der Waals surface area contributed by atoms with Gasteiger partial charge in [0.15, 0.2) is 0 Å². The molecule has 0 spiro atoms. The zero-order valence-electron chi connectivity index (χ0n) is 12.4. The van der Waals surface area contributed by atoms with E-state index in [1.165, 1.54) is 6.07 Å². The molecule has 1 heterocycles. The summed E-state index contributed by atoms with van der Waals surface area (Å²) < 4.78 is 14.3. The van der Waals surface area contributed by atoms with Crippen LogP contribution in [0.25, 0.3) is 0 Å². The molecule has 1 saturated heterocycles. The van der Waals surface area contributed by atoms with Gasteiger partial charge in [-0.2, -0.15) is 0 Å². The van der Waals surface area contributed by atoms with Crippen molar-refractivity contribution in [2.24, 2.45) is 5.92 Å². The largest absolute Gasteiger partial charge is 0.396 e. The van der Waals surface area contributed by atoms with Gasteiger partial charge >= 0.3 is 0 Å². The Morgan fingerprint density at radius 3 is 2.70 bits per heavy atom. The zero-order valence-corrected chi connectivity index (χ0v) is 12.4. The molecule has 1 unspecified atom stereocenters. The van der Waals surface area contributed by atoms with E-state index < -0.39 is 0 Å². The zero-order chi connectivity index (χ0) is 14.5. The number of aliphatic hydroxyl groups excluding tert-OH is 1. The van der Waals surface area contributed by atoms with Crippen LogP contribution in [0.5, 0.6) is 0 Å². The summed E-state index contributed by atoms with van der Waals surface area (Å²) in [5.74, 6) is 0.224. The van der Waals surface area contributed by atoms with E-state index in [4.69, 9.17) is 0 Å². The first-order valence-electron chi connectivity index (χ1n) is 7.55. The number of nitrogens with one attached hydrogen (secondary N) is 1. The highest BCUT2D eigenvalue weighted by molar-refractivity contribution is 5.56. The Morgan fingerprint density at radius 1 is 1.40 bits per heavy atom. The van der Waals surface area contributed by atoms with Crippen molar-refractivity contribution in [3.8, 4) is 0 Å². The number of anilines is 1. The van der Waals surface area contributed by atoms with Gasteiger partial charge in [-0.1, -0.05) is 19.1 Å². The Morgan fingerprint density at radius 2 is 2.10 bits per heavy atom. The van der Waals surface area contributed by atoms with Crippen LogP contribution in [0.3, 0.4) is 0 Å². The van der Waals surface area contributed by atoms with Gasteiger partial charge in [0.1, 0.15) is 5.82 Å². The van der Waals surface area contributed by atoms with Crippen LogP contribution in [0, 0.1) is 11.7 Å². The van der Waals surface area contributed by atoms with Gasteiger partial charge in [-0.25, -0.2) is 4.39 Å². The maximum Gasteiger partial charge on any atom is 0.146 e. The predicted octanol–water partition coefficient (Wildman–Crippen LogP) is 2.70. The third-order valence-electron chi connectivity index (χ3n) is 4.18. The molecule has 1 fully saturated rings. The molecule has 1 aliphatic heterocycles. The quantitative estimate of drug-likeness (QED) is 0.870. The van der Waals surface area contributed by atoms with Gasteiger partial charge < -0.3 is 15.3 Å². The van der Waals surface area contributed by atoms with E-state index >= 15 is 0 Å². The van der Waals surface area contributed by atoms with E-state index in [2.05, 4.69) is 24.1 Å². The molecule has 1 aromatic carbocycles. The van der Waals surface area contributed by atoms with Gasteiger partial charge in [-0.3, -0.25) is 0 Å². The fraction of sp³-hybridized carbons (Fsp3) is 0.625. The van der Waals surface area contributed by atoms with Crippen molar-refractivity contribution in [3.63, 3.8) is 0 Å². The van der Waals surface area contributed by atoms with Crippen LogP contribution < -0.4 is 10.2 Å². The minimum absolute atomic E-state index is 0.140. The summed E-state index contributed by atoms with van der Waals surface area (Å²) in [5.41, 5.74) is 1.76. The van der Waals surface area contributed by atoms with Gasteiger partial charge in [0.2, 0.25) is 0 Å². The third-order valence-corrected chi connectivity index (χ3v) is 4.18. The molecular formula is C16H25FN2O. The molecule has 0 bridgehead atoms. The maximum atomic E-state index is 14.3. The highest BCUT2D eigenvalue weighted by atomic mass is 19.1. The van der Waals surface area contributed by atoms with Gasteiger partial charge in [0.05, 0.1) is 5.69 Å². The average molecular weight is 280 g/mol. The first-order chi connectivity index (χ1) is 9.67. The Balaban J connectivity index is 2.22. The lowest BCUT2D eigenvalue weighted by atomic mass is 9.96. The summed E-state index contributed by atoms with van der Waals surface area (Å²) in [4.78, 5) is 2.13. The van der Waals surface area contributed by atoms with Gasteiger partial charge in [-0.05, 0) is 43.9 Å². The van der Waals surface area contributed by atoms with Crippen LogP contribution >= 0.6 is 0 Å². The highest BCUT2D eigenvalue weighted by Gasteiger charge is 2.24. The first-order valence-corrected chi connectivity index (χ1v) is 7.55. The molecule has 2 rings (SSSR count). The van der Waals surface area contributed by atoms with Crippen LogP contribution in [-0.2, 0) is 0 Å². The van der Waals surface area contributed by atoms with Crippen molar-refractivity contribution >= 4 is 5.69 Å². The van der Waals surface area contributed by atoms with Crippen LogP contribution in [-0.4, -0.2) is 31.3 Å². The van der Waals surface area contributed by atoms with Crippen LogP contribution in [0.4, 0.5) is 10.1 Å². The molecule has 3 nitrogen and oxygen atoms in total. The summed E-state index contributed by atoms with van der Waals surface area (Å²) in [7, 11) is 0. The summed E-state index contributed by atoms with van der Waals surface area (Å²) in [6.45, 7) is 6.87. The lowest BCUT2D eigenvalue weighted by Gasteiger charge is -2.35. The molecule has 0 aliphatic carbocycles. The number of para-hydroxylation sites is 1. The van der Waals surface area contributed by atoms with E-state index in [0.29, 0.717) is 5.92 Å². The topological polar surface area (TPSA) is 35.5 Å². The van der Waals surface area contributed by atoms with Crippen LogP contribution in [0.2, 0.25) is 0 Å². The predicted molar refractivity (Wildman–Crippen MR) is 80.5 cm³/mol. The fourth-order valence-corrected chi connectivity index (χ4v) is 2.97. The minimum Gasteiger partial charge on any atom is -0.396 e. The SMILES string of the molecule is CCNC(C)c1cccc(F)c1N1CCC(CO)CC1. The highest BCUT2D eigenvalue weighted by Crippen LogP contribution is 2.32. The molecule has 0 amide bonds. The summed E-state index contributed by atoms with van der Waals surface area (Å²) in [6.07, 6.45) is 1.86. The van der Waals surface area contributed by atoms with E-state index in [1.54, 1.807) is 6.07 Å². The third kappa shape index (κ3) is 3.30. The molecule has 1 aliphatic rings. The second kappa shape index (κ2) is 7.04. The molecule has 0 aromatic heterocycles. The number of halogens is 1. The van der Waals surface area contributed by atoms with Crippen molar-refractivity contribution in [1.29, 1.82) is 0 Å². The number of hydrogen-bond donors (Lipinski definition) is 2. The molecule has 1 atom stereocenters.